The Balaban J connectivity index is 2.75. The number of ether oxygens (including phenoxy) is 1. The van der Waals surface area contributed by atoms with Gasteiger partial charge >= 0.3 is 5.97 Å². The van der Waals surface area contributed by atoms with Crippen LogP contribution in [0.2, 0.25) is 0 Å². The lowest BCUT2D eigenvalue weighted by Gasteiger charge is -2.34. The molecule has 1 rings (SSSR count). The van der Waals surface area contributed by atoms with Gasteiger partial charge in [0.1, 0.15) is 11.0 Å². The molecule has 0 bridgehead atoms. The smallest absolute Gasteiger partial charge is 0.320 e. The minimum Gasteiger partial charge on any atom is -0.459 e. The summed E-state index contributed by atoms with van der Waals surface area (Å²) in [5.74, 6) is -0.711. The summed E-state index contributed by atoms with van der Waals surface area (Å²) in [5, 5.41) is 0. The van der Waals surface area contributed by atoms with Crippen molar-refractivity contribution in [3.63, 3.8) is 0 Å². The summed E-state index contributed by atoms with van der Waals surface area (Å²) in [4.78, 5) is 11.6. The van der Waals surface area contributed by atoms with Gasteiger partial charge in [0.25, 0.3) is 0 Å². The number of hydrogen-bond acceptors (Lipinski definition) is 2. The first-order valence-electron chi connectivity index (χ1n) is 4.53. The maximum Gasteiger partial charge on any atom is 0.320 e. The van der Waals surface area contributed by atoms with E-state index in [-0.39, 0.29) is 12.2 Å². The van der Waals surface area contributed by atoms with Crippen LogP contribution in [0.1, 0.15) is 27.2 Å². The molecule has 0 aromatic rings. The van der Waals surface area contributed by atoms with Gasteiger partial charge in [-0.2, -0.15) is 0 Å². The Hall–Kier alpha value is -1.12. The number of carbonyl (C=O) groups excluding carboxylic acids is 1. The second kappa shape index (κ2) is 3.23. The van der Waals surface area contributed by atoms with Crippen LogP contribution in [0, 0.1) is 5.41 Å². The fourth-order valence-corrected chi connectivity index (χ4v) is 1.25. The third kappa shape index (κ3) is 2.03. The monoisotopic (exact) mass is 198 g/mol. The van der Waals surface area contributed by atoms with Gasteiger partial charge in [0, 0.05) is 6.42 Å². The van der Waals surface area contributed by atoms with Gasteiger partial charge in [-0.3, -0.25) is 4.79 Å². The second-order valence-electron chi connectivity index (χ2n) is 4.51. The Labute approximate surface area is 83.4 Å². The molecule has 0 heterocycles. The summed E-state index contributed by atoms with van der Waals surface area (Å²) in [6.07, 6.45) is 2.77. The highest BCUT2D eigenvalue weighted by Gasteiger charge is 2.44. The van der Waals surface area contributed by atoms with Crippen molar-refractivity contribution >= 4 is 5.97 Å². The predicted molar refractivity (Wildman–Crippen MR) is 52.3 cm³/mol. The quantitative estimate of drug-likeness (QED) is 0.503. The van der Waals surface area contributed by atoms with Crippen LogP contribution in [0.15, 0.2) is 24.6 Å². The number of hydrogen-bond donors (Lipinski definition) is 0. The Morgan fingerprint density at radius 1 is 1.71 bits per heavy atom. The minimum atomic E-state index is -0.933. The van der Waals surface area contributed by atoms with Crippen molar-refractivity contribution in [3.8, 4) is 0 Å². The average molecular weight is 198 g/mol. The first kappa shape index (κ1) is 11.0. The summed E-state index contributed by atoms with van der Waals surface area (Å²) >= 11 is 0. The Morgan fingerprint density at radius 2 is 2.21 bits per heavy atom. The van der Waals surface area contributed by atoms with Crippen LogP contribution in [0.25, 0.3) is 0 Å². The zero-order chi connectivity index (χ0) is 11.0. The lowest BCUT2D eigenvalue weighted by Crippen LogP contribution is -2.39. The standard InChI is InChI=1S/C11H15FO2/c1-5-11(6-8(12)7-11)9(13)14-10(2,3)4/h5-6H,1,7H2,2-4H3. The summed E-state index contributed by atoms with van der Waals surface area (Å²) < 4.78 is 17.8. The molecule has 0 amide bonds. The van der Waals surface area contributed by atoms with Crippen LogP contribution < -0.4 is 0 Å². The third-order valence-corrected chi connectivity index (χ3v) is 2.02. The fourth-order valence-electron chi connectivity index (χ4n) is 1.25. The van der Waals surface area contributed by atoms with Gasteiger partial charge in [-0.15, -0.1) is 6.58 Å². The number of carbonyl (C=O) groups is 1. The molecule has 0 saturated carbocycles. The molecule has 3 heteroatoms. The van der Waals surface area contributed by atoms with Crippen molar-refractivity contribution in [1.29, 1.82) is 0 Å². The van der Waals surface area contributed by atoms with E-state index < -0.39 is 17.0 Å². The van der Waals surface area contributed by atoms with E-state index in [0.29, 0.717) is 0 Å². The molecule has 1 atom stereocenters. The molecule has 2 nitrogen and oxygen atoms in total. The summed E-state index contributed by atoms with van der Waals surface area (Å²) in [6.45, 7) is 8.86. The first-order chi connectivity index (χ1) is 6.29. The van der Waals surface area contributed by atoms with Gasteiger partial charge in [0.15, 0.2) is 0 Å². The van der Waals surface area contributed by atoms with Crippen LogP contribution in [0.5, 0.6) is 0 Å². The van der Waals surface area contributed by atoms with Gasteiger partial charge in [0.05, 0.1) is 5.83 Å². The van der Waals surface area contributed by atoms with Crippen LogP contribution in [-0.2, 0) is 9.53 Å². The lowest BCUT2D eigenvalue weighted by molar-refractivity contribution is -0.163. The van der Waals surface area contributed by atoms with Gasteiger partial charge < -0.3 is 4.74 Å². The average Bonchev–Trinajstić information content (AvgIpc) is 1.94. The number of halogens is 1. The Bertz CT molecular complexity index is 299. The molecule has 0 aromatic carbocycles. The molecular weight excluding hydrogens is 183 g/mol. The van der Waals surface area contributed by atoms with Gasteiger partial charge in [-0.1, -0.05) is 6.08 Å². The third-order valence-electron chi connectivity index (χ3n) is 2.02. The molecular formula is C11H15FO2. The summed E-state index contributed by atoms with van der Waals surface area (Å²) in [6, 6.07) is 0. The van der Waals surface area contributed by atoms with E-state index >= 15 is 0 Å². The maximum absolute atomic E-state index is 12.6. The van der Waals surface area contributed by atoms with E-state index in [1.165, 1.54) is 12.2 Å². The predicted octanol–water partition coefficient (Wildman–Crippen LogP) is 2.76. The molecule has 0 radical (unpaired) electrons. The molecule has 1 unspecified atom stereocenters. The van der Waals surface area contributed by atoms with E-state index in [0.717, 1.165) is 0 Å². The highest BCUT2D eigenvalue weighted by molar-refractivity contribution is 5.84. The first-order valence-corrected chi connectivity index (χ1v) is 4.53. The van der Waals surface area contributed by atoms with Crippen molar-refractivity contribution in [2.75, 3.05) is 0 Å². The highest BCUT2D eigenvalue weighted by atomic mass is 19.1. The van der Waals surface area contributed by atoms with Crippen molar-refractivity contribution in [2.24, 2.45) is 5.41 Å². The van der Waals surface area contributed by atoms with Gasteiger partial charge in [-0.05, 0) is 26.8 Å². The maximum atomic E-state index is 12.6. The molecule has 78 valence electrons. The zero-order valence-corrected chi connectivity index (χ0v) is 8.76. The molecule has 1 aliphatic rings. The molecule has 0 saturated heterocycles. The molecule has 0 spiro atoms. The SMILES string of the molecule is C=CC1(C(=O)OC(C)(C)C)C=C(F)C1. The Morgan fingerprint density at radius 3 is 2.50 bits per heavy atom. The fraction of sp³-hybridized carbons (Fsp3) is 0.545. The summed E-state index contributed by atoms with van der Waals surface area (Å²) in [5.41, 5.74) is -1.48. The van der Waals surface area contributed by atoms with Crippen LogP contribution >= 0.6 is 0 Å². The van der Waals surface area contributed by atoms with Gasteiger partial charge in [0.2, 0.25) is 0 Å². The molecule has 0 N–H and O–H groups in total. The summed E-state index contributed by atoms with van der Waals surface area (Å²) in [7, 11) is 0. The van der Waals surface area contributed by atoms with E-state index in [1.54, 1.807) is 20.8 Å². The number of esters is 1. The van der Waals surface area contributed by atoms with Crippen LogP contribution in [0.3, 0.4) is 0 Å². The molecule has 1 aliphatic carbocycles. The lowest BCUT2D eigenvalue weighted by atomic mass is 9.75. The van der Waals surface area contributed by atoms with Crippen LogP contribution in [-0.4, -0.2) is 11.6 Å². The topological polar surface area (TPSA) is 26.3 Å². The highest BCUT2D eigenvalue weighted by Crippen LogP contribution is 2.42. The van der Waals surface area contributed by atoms with Crippen molar-refractivity contribution < 1.29 is 13.9 Å². The van der Waals surface area contributed by atoms with Gasteiger partial charge in [-0.25, -0.2) is 4.39 Å². The van der Waals surface area contributed by atoms with E-state index in [1.807, 2.05) is 0 Å². The second-order valence-corrected chi connectivity index (χ2v) is 4.51. The normalized spacial score (nSPS) is 26.1. The van der Waals surface area contributed by atoms with E-state index in [4.69, 9.17) is 4.74 Å². The minimum absolute atomic E-state index is 0.0748. The van der Waals surface area contributed by atoms with Crippen molar-refractivity contribution in [2.45, 2.75) is 32.8 Å². The molecule has 14 heavy (non-hydrogen) atoms. The molecule has 0 aromatic heterocycles. The molecule has 0 aliphatic heterocycles. The number of rotatable bonds is 2. The van der Waals surface area contributed by atoms with Crippen LogP contribution in [0.4, 0.5) is 4.39 Å². The van der Waals surface area contributed by atoms with E-state index in [9.17, 15) is 9.18 Å². The largest absolute Gasteiger partial charge is 0.459 e. The van der Waals surface area contributed by atoms with E-state index in [2.05, 4.69) is 6.58 Å². The Kier molecular flexibility index (Phi) is 2.52. The van der Waals surface area contributed by atoms with Crippen molar-refractivity contribution in [1.82, 2.24) is 0 Å². The zero-order valence-electron chi connectivity index (χ0n) is 8.76. The number of allylic oxidation sites excluding steroid dienone is 1. The molecule has 0 fully saturated rings. The van der Waals surface area contributed by atoms with Crippen molar-refractivity contribution in [3.05, 3.63) is 24.6 Å².